The Hall–Kier alpha value is -6.44. The first-order valence-corrected chi connectivity index (χ1v) is 20.8. The van der Waals surface area contributed by atoms with Crippen molar-refractivity contribution < 1.29 is 0 Å². The summed E-state index contributed by atoms with van der Waals surface area (Å²) in [6.45, 7) is 14.3. The number of hydrogen-bond donors (Lipinski definition) is 0. The summed E-state index contributed by atoms with van der Waals surface area (Å²) in [5.74, 6) is 0. The van der Waals surface area contributed by atoms with Gasteiger partial charge in [-0.15, -0.1) is 0 Å². The number of benzene rings is 8. The summed E-state index contributed by atoms with van der Waals surface area (Å²) < 4.78 is 0. The Morgan fingerprint density at radius 3 is 1.47 bits per heavy atom. The molecule has 3 aliphatic carbocycles. The smallest absolute Gasteiger partial charge is 0.0467 e. The average Bonchev–Trinajstić information content (AvgIpc) is 3.73. The summed E-state index contributed by atoms with van der Waals surface area (Å²) in [7, 11) is 0. The first-order chi connectivity index (χ1) is 28.0. The highest BCUT2D eigenvalue weighted by molar-refractivity contribution is 5.97. The molecule has 0 unspecified atom stereocenters. The Balaban J connectivity index is 1.07. The van der Waals surface area contributed by atoms with E-state index in [0.29, 0.717) is 0 Å². The molecule has 0 amide bonds. The number of fused-ring (bicyclic) bond motifs is 9. The molecule has 0 saturated carbocycles. The summed E-state index contributed by atoms with van der Waals surface area (Å²) in [4.78, 5) is 2.45. The fraction of sp³-hybridized carbons (Fsp3) is 0.158. The van der Waals surface area contributed by atoms with Crippen LogP contribution < -0.4 is 4.90 Å². The first kappa shape index (κ1) is 34.8. The van der Waals surface area contributed by atoms with Gasteiger partial charge < -0.3 is 4.90 Å². The summed E-state index contributed by atoms with van der Waals surface area (Å²) in [6.07, 6.45) is 0. The van der Waals surface area contributed by atoms with E-state index in [1.54, 1.807) is 0 Å². The Kier molecular flexibility index (Phi) is 7.36. The first-order valence-electron chi connectivity index (χ1n) is 20.8. The van der Waals surface area contributed by atoms with E-state index in [1.807, 2.05) is 0 Å². The van der Waals surface area contributed by atoms with Crippen molar-refractivity contribution in [3.8, 4) is 55.6 Å². The molecule has 8 aromatic carbocycles. The Morgan fingerprint density at radius 1 is 0.276 bits per heavy atom. The van der Waals surface area contributed by atoms with E-state index in [1.165, 1.54) is 89.0 Å². The molecule has 0 bridgehead atoms. The molecule has 280 valence electrons. The van der Waals surface area contributed by atoms with Crippen LogP contribution in [-0.2, 0) is 16.2 Å². The van der Waals surface area contributed by atoms with Gasteiger partial charge in [0.05, 0.1) is 0 Å². The molecular weight excluding hydrogens is 699 g/mol. The van der Waals surface area contributed by atoms with Gasteiger partial charge in [0, 0.05) is 33.3 Å². The van der Waals surface area contributed by atoms with Gasteiger partial charge in [0.25, 0.3) is 0 Å². The van der Waals surface area contributed by atoms with Gasteiger partial charge in [0.2, 0.25) is 0 Å². The summed E-state index contributed by atoms with van der Waals surface area (Å²) in [6, 6.07) is 66.0. The molecule has 1 nitrogen and oxygen atoms in total. The van der Waals surface area contributed by atoms with Crippen LogP contribution in [0.3, 0.4) is 0 Å². The van der Waals surface area contributed by atoms with Crippen LogP contribution in [0.5, 0.6) is 0 Å². The topological polar surface area (TPSA) is 3.24 Å². The van der Waals surface area contributed by atoms with E-state index in [0.717, 1.165) is 17.1 Å². The third-order valence-corrected chi connectivity index (χ3v) is 13.9. The summed E-state index contributed by atoms with van der Waals surface area (Å²) >= 11 is 0. The van der Waals surface area contributed by atoms with Crippen molar-refractivity contribution in [3.05, 3.63) is 209 Å². The van der Waals surface area contributed by atoms with E-state index in [2.05, 4.69) is 222 Å². The van der Waals surface area contributed by atoms with Crippen molar-refractivity contribution in [2.75, 3.05) is 4.90 Å². The predicted octanol–water partition coefficient (Wildman–Crippen LogP) is 15.4. The van der Waals surface area contributed by atoms with Gasteiger partial charge in [-0.2, -0.15) is 0 Å². The lowest BCUT2D eigenvalue weighted by Gasteiger charge is -2.29. The maximum absolute atomic E-state index is 2.54. The predicted molar refractivity (Wildman–Crippen MR) is 245 cm³/mol. The standard InChI is InChI=1S/C57H47N/c1-55(2)48-23-12-10-20-43(48)45-31-30-41(33-51(45)55)58(39-28-26-37(27-29-39)36-16-8-7-9-17-36)40-19-14-18-38(32-40)42-22-15-25-50-54(42)47-35-52-46(34-53(47)57(50,5)6)44-21-11-13-24-49(44)56(52,3)4/h7-35H,1-6H3. The van der Waals surface area contributed by atoms with Crippen molar-refractivity contribution >= 4 is 17.1 Å². The molecule has 0 aromatic heterocycles. The van der Waals surface area contributed by atoms with Crippen LogP contribution in [0.4, 0.5) is 17.1 Å². The molecule has 0 aliphatic heterocycles. The van der Waals surface area contributed by atoms with E-state index in [9.17, 15) is 0 Å². The fourth-order valence-corrected chi connectivity index (χ4v) is 10.7. The van der Waals surface area contributed by atoms with E-state index >= 15 is 0 Å². The van der Waals surface area contributed by atoms with Crippen LogP contribution in [0.1, 0.15) is 74.9 Å². The molecule has 58 heavy (non-hydrogen) atoms. The number of rotatable bonds is 5. The lowest BCUT2D eigenvalue weighted by molar-refractivity contribution is 0.652. The SMILES string of the molecule is CC1(C)c2ccccc2-c2ccc(N(c3ccc(-c4ccccc4)cc3)c3cccc(-c4cccc5c4-c4cc6c(cc4C5(C)C)-c4ccccc4C6(C)C)c3)cc21. The zero-order chi connectivity index (χ0) is 39.6. The van der Waals surface area contributed by atoms with Crippen molar-refractivity contribution in [2.24, 2.45) is 0 Å². The lowest BCUT2D eigenvalue weighted by Crippen LogP contribution is -2.16. The van der Waals surface area contributed by atoms with Crippen LogP contribution >= 0.6 is 0 Å². The van der Waals surface area contributed by atoms with Crippen LogP contribution in [0.25, 0.3) is 55.6 Å². The van der Waals surface area contributed by atoms with Crippen molar-refractivity contribution in [2.45, 2.75) is 57.8 Å². The highest BCUT2D eigenvalue weighted by atomic mass is 15.1. The highest BCUT2D eigenvalue weighted by Gasteiger charge is 2.42. The monoisotopic (exact) mass is 745 g/mol. The molecule has 8 aromatic rings. The number of anilines is 3. The minimum absolute atomic E-state index is 0.0644. The number of nitrogens with zero attached hydrogens (tertiary/aromatic N) is 1. The molecule has 1 heteroatoms. The van der Waals surface area contributed by atoms with Crippen LogP contribution in [0, 0.1) is 0 Å². The minimum Gasteiger partial charge on any atom is -0.310 e. The van der Waals surface area contributed by atoms with Crippen molar-refractivity contribution in [1.29, 1.82) is 0 Å². The maximum Gasteiger partial charge on any atom is 0.0467 e. The third kappa shape index (κ3) is 4.89. The normalized spacial score (nSPS) is 15.5. The second-order valence-corrected chi connectivity index (χ2v) is 18.2. The van der Waals surface area contributed by atoms with Gasteiger partial charge in [0.1, 0.15) is 0 Å². The van der Waals surface area contributed by atoms with Gasteiger partial charge >= 0.3 is 0 Å². The molecule has 3 aliphatic rings. The Labute approximate surface area is 343 Å². The van der Waals surface area contributed by atoms with Crippen molar-refractivity contribution in [1.82, 2.24) is 0 Å². The molecule has 0 saturated heterocycles. The fourth-order valence-electron chi connectivity index (χ4n) is 10.7. The van der Waals surface area contributed by atoms with E-state index < -0.39 is 0 Å². The van der Waals surface area contributed by atoms with Gasteiger partial charge in [-0.1, -0.05) is 169 Å². The second-order valence-electron chi connectivity index (χ2n) is 18.2. The molecular formula is C57H47N. The van der Waals surface area contributed by atoms with Crippen LogP contribution in [0.2, 0.25) is 0 Å². The van der Waals surface area contributed by atoms with Gasteiger partial charge in [-0.3, -0.25) is 0 Å². The maximum atomic E-state index is 2.54. The zero-order valence-electron chi connectivity index (χ0n) is 34.2. The third-order valence-electron chi connectivity index (χ3n) is 13.9. The van der Waals surface area contributed by atoms with Crippen LogP contribution in [0.15, 0.2) is 176 Å². The van der Waals surface area contributed by atoms with E-state index in [4.69, 9.17) is 0 Å². The Morgan fingerprint density at radius 2 is 0.741 bits per heavy atom. The van der Waals surface area contributed by atoms with Crippen molar-refractivity contribution in [3.63, 3.8) is 0 Å². The molecule has 11 rings (SSSR count). The van der Waals surface area contributed by atoms with Crippen LogP contribution in [-0.4, -0.2) is 0 Å². The molecule has 0 spiro atoms. The average molecular weight is 746 g/mol. The summed E-state index contributed by atoms with van der Waals surface area (Å²) in [5, 5.41) is 0. The van der Waals surface area contributed by atoms with Gasteiger partial charge in [0.15, 0.2) is 0 Å². The lowest BCUT2D eigenvalue weighted by atomic mass is 9.79. The zero-order valence-corrected chi connectivity index (χ0v) is 34.2. The molecule has 0 fully saturated rings. The molecule has 0 heterocycles. The molecule has 0 N–H and O–H groups in total. The van der Waals surface area contributed by atoms with E-state index in [-0.39, 0.29) is 16.2 Å². The highest BCUT2D eigenvalue weighted by Crippen LogP contribution is 2.58. The van der Waals surface area contributed by atoms with Gasteiger partial charge in [-0.25, -0.2) is 0 Å². The molecule has 0 atom stereocenters. The number of hydrogen-bond acceptors (Lipinski definition) is 1. The summed E-state index contributed by atoms with van der Waals surface area (Å²) in [5.41, 5.74) is 24.7. The van der Waals surface area contributed by atoms with Gasteiger partial charge in [-0.05, 0) is 138 Å². The molecule has 0 radical (unpaired) electrons. The Bertz CT molecular complexity index is 2960. The minimum atomic E-state index is -0.129. The second kappa shape index (κ2) is 12.3. The quantitative estimate of drug-likeness (QED) is 0.170. The largest absolute Gasteiger partial charge is 0.310 e.